The maximum atomic E-state index is 12.8. The third kappa shape index (κ3) is 4.68. The summed E-state index contributed by atoms with van der Waals surface area (Å²) in [5, 5.41) is 0.353. The number of primary amides is 1. The quantitative estimate of drug-likeness (QED) is 0.673. The minimum absolute atomic E-state index is 0.118. The molecule has 0 saturated heterocycles. The molecule has 2 N–H and O–H groups in total. The standard InChI is InChI=1S/C20H17ClN2O4/c21-14-8-9-18(17(11-14)20(22)25)27-13-19(24)23(12-16-7-4-10-26-16)15-5-2-1-3-6-15/h1-11H,12-13H2,(H2,22,25). The summed E-state index contributed by atoms with van der Waals surface area (Å²) in [7, 11) is 0. The molecule has 1 aromatic heterocycles. The summed E-state index contributed by atoms with van der Waals surface area (Å²) in [5.74, 6) is -0.152. The number of anilines is 1. The number of benzene rings is 2. The molecule has 0 aliphatic rings. The smallest absolute Gasteiger partial charge is 0.265 e. The first-order chi connectivity index (χ1) is 13.0. The van der Waals surface area contributed by atoms with E-state index < -0.39 is 5.91 Å². The van der Waals surface area contributed by atoms with Gasteiger partial charge in [-0.25, -0.2) is 0 Å². The van der Waals surface area contributed by atoms with Crippen molar-refractivity contribution < 1.29 is 18.7 Å². The Labute approximate surface area is 161 Å². The summed E-state index contributed by atoms with van der Waals surface area (Å²) in [6.45, 7) is -0.0278. The third-order valence-corrected chi connectivity index (χ3v) is 4.06. The minimum atomic E-state index is -0.685. The van der Waals surface area contributed by atoms with Gasteiger partial charge in [0.1, 0.15) is 11.5 Å². The van der Waals surface area contributed by atoms with Gasteiger partial charge < -0.3 is 19.8 Å². The molecule has 0 atom stereocenters. The van der Waals surface area contributed by atoms with Crippen LogP contribution in [0, 0.1) is 0 Å². The van der Waals surface area contributed by atoms with Gasteiger partial charge in [-0.2, -0.15) is 0 Å². The first-order valence-electron chi connectivity index (χ1n) is 8.14. The number of ether oxygens (including phenoxy) is 1. The van der Waals surface area contributed by atoms with Crippen LogP contribution in [0.15, 0.2) is 71.3 Å². The lowest BCUT2D eigenvalue weighted by atomic mass is 10.2. The van der Waals surface area contributed by atoms with Crippen molar-refractivity contribution in [2.75, 3.05) is 11.5 Å². The van der Waals surface area contributed by atoms with E-state index in [1.54, 1.807) is 29.4 Å². The molecule has 0 fully saturated rings. The van der Waals surface area contributed by atoms with Gasteiger partial charge in [-0.1, -0.05) is 29.8 Å². The molecule has 138 valence electrons. The van der Waals surface area contributed by atoms with Crippen LogP contribution in [0.3, 0.4) is 0 Å². The van der Waals surface area contributed by atoms with Crippen LogP contribution < -0.4 is 15.4 Å². The number of hydrogen-bond donors (Lipinski definition) is 1. The molecule has 0 spiro atoms. The average molecular weight is 385 g/mol. The van der Waals surface area contributed by atoms with E-state index >= 15 is 0 Å². The minimum Gasteiger partial charge on any atom is -0.483 e. The topological polar surface area (TPSA) is 85.8 Å². The number of carbonyl (C=O) groups excluding carboxylic acids is 2. The van der Waals surface area contributed by atoms with Gasteiger partial charge in [-0.15, -0.1) is 0 Å². The average Bonchev–Trinajstić information content (AvgIpc) is 3.18. The highest BCUT2D eigenvalue weighted by atomic mass is 35.5. The second-order valence-electron chi connectivity index (χ2n) is 5.69. The molecular formula is C20H17ClN2O4. The monoisotopic (exact) mass is 384 g/mol. The van der Waals surface area contributed by atoms with E-state index in [2.05, 4.69) is 0 Å². The van der Waals surface area contributed by atoms with Gasteiger partial charge in [-0.05, 0) is 42.5 Å². The van der Waals surface area contributed by atoms with Crippen LogP contribution in [0.1, 0.15) is 16.1 Å². The van der Waals surface area contributed by atoms with Crippen molar-refractivity contribution in [1.82, 2.24) is 0 Å². The zero-order valence-electron chi connectivity index (χ0n) is 14.3. The van der Waals surface area contributed by atoms with Crippen LogP contribution in [0.2, 0.25) is 5.02 Å². The van der Waals surface area contributed by atoms with Crippen LogP contribution >= 0.6 is 11.6 Å². The Morgan fingerprint density at radius 1 is 1.07 bits per heavy atom. The Bertz CT molecular complexity index is 926. The maximum Gasteiger partial charge on any atom is 0.265 e. The van der Waals surface area contributed by atoms with Crippen molar-refractivity contribution in [1.29, 1.82) is 0 Å². The molecule has 2 amide bonds. The molecule has 27 heavy (non-hydrogen) atoms. The van der Waals surface area contributed by atoms with Crippen LogP contribution in [0.5, 0.6) is 5.75 Å². The van der Waals surface area contributed by atoms with E-state index in [0.29, 0.717) is 16.5 Å². The molecule has 2 aromatic carbocycles. The van der Waals surface area contributed by atoms with E-state index in [-0.39, 0.29) is 30.4 Å². The van der Waals surface area contributed by atoms with Crippen LogP contribution in [-0.2, 0) is 11.3 Å². The Morgan fingerprint density at radius 3 is 2.52 bits per heavy atom. The lowest BCUT2D eigenvalue weighted by molar-refractivity contribution is -0.120. The molecule has 3 rings (SSSR count). The molecular weight excluding hydrogens is 368 g/mol. The van der Waals surface area contributed by atoms with Crippen molar-refractivity contribution in [3.63, 3.8) is 0 Å². The fraction of sp³-hybridized carbons (Fsp3) is 0.100. The van der Waals surface area contributed by atoms with Gasteiger partial charge >= 0.3 is 0 Å². The number of para-hydroxylation sites is 1. The van der Waals surface area contributed by atoms with Crippen molar-refractivity contribution in [2.24, 2.45) is 5.73 Å². The van der Waals surface area contributed by atoms with Crippen LogP contribution in [0.4, 0.5) is 5.69 Å². The highest BCUT2D eigenvalue weighted by Gasteiger charge is 2.19. The van der Waals surface area contributed by atoms with E-state index in [1.807, 2.05) is 30.3 Å². The zero-order valence-corrected chi connectivity index (χ0v) is 15.1. The SMILES string of the molecule is NC(=O)c1cc(Cl)ccc1OCC(=O)N(Cc1ccco1)c1ccccc1. The predicted molar refractivity (Wildman–Crippen MR) is 102 cm³/mol. The highest BCUT2D eigenvalue weighted by Crippen LogP contribution is 2.23. The second-order valence-corrected chi connectivity index (χ2v) is 6.12. The number of hydrogen-bond acceptors (Lipinski definition) is 4. The normalized spacial score (nSPS) is 10.4. The number of furan rings is 1. The van der Waals surface area contributed by atoms with E-state index in [1.165, 1.54) is 12.1 Å². The lowest BCUT2D eigenvalue weighted by Crippen LogP contribution is -2.34. The van der Waals surface area contributed by atoms with Crippen LogP contribution in [0.25, 0.3) is 0 Å². The summed E-state index contributed by atoms with van der Waals surface area (Å²) in [6, 6.07) is 17.2. The summed E-state index contributed by atoms with van der Waals surface area (Å²) < 4.78 is 10.9. The number of rotatable bonds is 7. The van der Waals surface area contributed by atoms with E-state index in [0.717, 1.165) is 0 Å². The molecule has 1 heterocycles. The molecule has 0 radical (unpaired) electrons. The number of nitrogens with zero attached hydrogens (tertiary/aromatic N) is 1. The number of amides is 2. The second kappa shape index (κ2) is 8.42. The van der Waals surface area contributed by atoms with Gasteiger partial charge in [0.2, 0.25) is 0 Å². The van der Waals surface area contributed by atoms with Gasteiger partial charge in [0.05, 0.1) is 18.4 Å². The zero-order chi connectivity index (χ0) is 19.2. The molecule has 0 bridgehead atoms. The molecule has 0 unspecified atom stereocenters. The number of halogens is 1. The van der Waals surface area contributed by atoms with Crippen molar-refractivity contribution >= 4 is 29.1 Å². The van der Waals surface area contributed by atoms with Gasteiger partial charge in [0.15, 0.2) is 6.61 Å². The van der Waals surface area contributed by atoms with E-state index in [4.69, 9.17) is 26.5 Å². The predicted octanol–water partition coefficient (Wildman–Crippen LogP) is 3.64. The first kappa shape index (κ1) is 18.5. The van der Waals surface area contributed by atoms with Gasteiger partial charge in [-0.3, -0.25) is 9.59 Å². The third-order valence-electron chi connectivity index (χ3n) is 3.82. The Hall–Kier alpha value is -3.25. The Morgan fingerprint density at radius 2 is 1.85 bits per heavy atom. The van der Waals surface area contributed by atoms with Crippen molar-refractivity contribution in [3.05, 3.63) is 83.3 Å². The molecule has 0 aliphatic heterocycles. The summed E-state index contributed by atoms with van der Waals surface area (Å²) in [6.07, 6.45) is 1.55. The largest absolute Gasteiger partial charge is 0.483 e. The van der Waals surface area contributed by atoms with E-state index in [9.17, 15) is 9.59 Å². The van der Waals surface area contributed by atoms with Crippen molar-refractivity contribution in [2.45, 2.75) is 6.54 Å². The summed E-state index contributed by atoms with van der Waals surface area (Å²) in [4.78, 5) is 25.9. The fourth-order valence-corrected chi connectivity index (χ4v) is 2.70. The Balaban J connectivity index is 1.78. The number of nitrogens with two attached hydrogens (primary N) is 1. The molecule has 3 aromatic rings. The molecule has 7 heteroatoms. The Kier molecular flexibility index (Phi) is 5.78. The number of carbonyl (C=O) groups is 2. The fourth-order valence-electron chi connectivity index (χ4n) is 2.53. The lowest BCUT2D eigenvalue weighted by Gasteiger charge is -2.22. The van der Waals surface area contributed by atoms with Crippen molar-refractivity contribution in [3.8, 4) is 5.75 Å². The highest BCUT2D eigenvalue weighted by molar-refractivity contribution is 6.31. The van der Waals surface area contributed by atoms with Gasteiger partial charge in [0, 0.05) is 10.7 Å². The van der Waals surface area contributed by atoms with Crippen LogP contribution in [-0.4, -0.2) is 18.4 Å². The molecule has 0 aliphatic carbocycles. The van der Waals surface area contributed by atoms with Gasteiger partial charge in [0.25, 0.3) is 11.8 Å². The summed E-state index contributed by atoms with van der Waals surface area (Å²) >= 11 is 5.88. The molecule has 0 saturated carbocycles. The molecule has 6 nitrogen and oxygen atoms in total. The maximum absolute atomic E-state index is 12.8. The first-order valence-corrected chi connectivity index (χ1v) is 8.52. The summed E-state index contributed by atoms with van der Waals surface area (Å²) in [5.41, 5.74) is 6.17.